The van der Waals surface area contributed by atoms with Crippen molar-refractivity contribution in [1.82, 2.24) is 4.90 Å². The van der Waals surface area contributed by atoms with Gasteiger partial charge in [0.15, 0.2) is 5.75 Å². The van der Waals surface area contributed by atoms with Gasteiger partial charge in [0.2, 0.25) is 5.69 Å². The lowest BCUT2D eigenvalue weighted by Crippen LogP contribution is -2.35. The standard InChI is InChI=1S/C17H15N3O4/c1-19-6-5-9-3-2-4-11-14(9)12(19)7-10-8-13(20(23)24)16(18-22)17(21)15(10)11/h2-4,8,12,21H,5-7H2,1H3. The number of nitrogens with zero attached hydrogens (tertiary/aromatic N) is 3. The molecular weight excluding hydrogens is 310 g/mol. The van der Waals surface area contributed by atoms with E-state index < -0.39 is 22.0 Å². The monoisotopic (exact) mass is 325 g/mol. The Morgan fingerprint density at radius 2 is 2.17 bits per heavy atom. The SMILES string of the molecule is CN1CCc2cccc3c2C1Cc1cc([N+](=O)[O-])c(N=O)c(O)c1-3. The third-order valence-electron chi connectivity index (χ3n) is 5.10. The van der Waals surface area contributed by atoms with Gasteiger partial charge in [-0.3, -0.25) is 15.0 Å². The number of nitro benzene ring substituents is 1. The van der Waals surface area contributed by atoms with E-state index in [-0.39, 0.29) is 6.04 Å². The molecule has 0 bridgehead atoms. The summed E-state index contributed by atoms with van der Waals surface area (Å²) < 4.78 is 0. The second kappa shape index (κ2) is 5.10. The lowest BCUT2D eigenvalue weighted by molar-refractivity contribution is -0.384. The van der Waals surface area contributed by atoms with Gasteiger partial charge >= 0.3 is 5.69 Å². The minimum atomic E-state index is -0.673. The topological polar surface area (TPSA) is 96.0 Å². The minimum absolute atomic E-state index is 0.117. The molecule has 1 atom stereocenters. The summed E-state index contributed by atoms with van der Waals surface area (Å²) in [4.78, 5) is 23.9. The Morgan fingerprint density at radius 1 is 1.38 bits per heavy atom. The summed E-state index contributed by atoms with van der Waals surface area (Å²) in [6.45, 7) is 0.915. The van der Waals surface area contributed by atoms with Crippen LogP contribution in [0.5, 0.6) is 5.75 Å². The number of fused-ring (bicyclic) bond motifs is 2. The van der Waals surface area contributed by atoms with Gasteiger partial charge in [-0.2, -0.15) is 0 Å². The number of benzene rings is 2. The highest BCUT2D eigenvalue weighted by molar-refractivity contribution is 5.87. The lowest BCUT2D eigenvalue weighted by Gasteiger charge is -2.39. The third kappa shape index (κ3) is 1.88. The largest absolute Gasteiger partial charge is 0.505 e. The van der Waals surface area contributed by atoms with Crippen molar-refractivity contribution in [3.63, 3.8) is 0 Å². The number of hydrogen-bond donors (Lipinski definition) is 1. The van der Waals surface area contributed by atoms with Crippen LogP contribution in [-0.4, -0.2) is 28.5 Å². The average molecular weight is 325 g/mol. The van der Waals surface area contributed by atoms with Gasteiger partial charge in [-0.25, -0.2) is 0 Å². The van der Waals surface area contributed by atoms with Crippen molar-refractivity contribution in [2.45, 2.75) is 18.9 Å². The zero-order valence-electron chi connectivity index (χ0n) is 13.0. The maximum absolute atomic E-state index is 11.2. The van der Waals surface area contributed by atoms with Crippen molar-refractivity contribution >= 4 is 11.4 Å². The molecule has 0 radical (unpaired) electrons. The summed E-state index contributed by atoms with van der Waals surface area (Å²) in [5.41, 5.74) is 3.42. The molecule has 2 aromatic carbocycles. The molecule has 0 amide bonds. The molecule has 2 aromatic rings. The first kappa shape index (κ1) is 14.8. The van der Waals surface area contributed by atoms with E-state index in [1.165, 1.54) is 11.6 Å². The Labute approximate surface area is 137 Å². The summed E-state index contributed by atoms with van der Waals surface area (Å²) in [5.74, 6) is -0.394. The molecular formula is C17H15N3O4. The Hall–Kier alpha value is -2.80. The van der Waals surface area contributed by atoms with Gasteiger partial charge in [0.05, 0.1) is 4.92 Å². The Morgan fingerprint density at radius 3 is 2.88 bits per heavy atom. The molecule has 7 nitrogen and oxygen atoms in total. The quantitative estimate of drug-likeness (QED) is 0.518. The van der Waals surface area contributed by atoms with Crippen LogP contribution in [-0.2, 0) is 12.8 Å². The molecule has 0 fully saturated rings. The molecule has 1 aliphatic carbocycles. The molecule has 0 saturated carbocycles. The Balaban J connectivity index is 2.06. The number of phenols is 1. The molecule has 1 aliphatic heterocycles. The van der Waals surface area contributed by atoms with Crippen LogP contribution in [0, 0.1) is 15.0 Å². The normalized spacial score (nSPS) is 18.6. The van der Waals surface area contributed by atoms with Gasteiger partial charge in [-0.1, -0.05) is 18.2 Å². The van der Waals surface area contributed by atoms with Crippen LogP contribution < -0.4 is 0 Å². The second-order valence-corrected chi connectivity index (χ2v) is 6.30. The van der Waals surface area contributed by atoms with Gasteiger partial charge in [0.25, 0.3) is 0 Å². The van der Waals surface area contributed by atoms with E-state index in [1.807, 2.05) is 19.2 Å². The van der Waals surface area contributed by atoms with E-state index in [1.54, 1.807) is 0 Å². The fourth-order valence-corrected chi connectivity index (χ4v) is 3.97. The van der Waals surface area contributed by atoms with Gasteiger partial charge < -0.3 is 5.11 Å². The van der Waals surface area contributed by atoms with Crippen LogP contribution in [0.15, 0.2) is 29.4 Å². The van der Waals surface area contributed by atoms with E-state index in [4.69, 9.17) is 0 Å². The van der Waals surface area contributed by atoms with Crippen molar-refractivity contribution in [2.75, 3.05) is 13.6 Å². The number of rotatable bonds is 2. The third-order valence-corrected chi connectivity index (χ3v) is 5.10. The maximum atomic E-state index is 11.2. The zero-order valence-corrected chi connectivity index (χ0v) is 13.0. The van der Waals surface area contributed by atoms with Crippen LogP contribution >= 0.6 is 0 Å². The Bertz CT molecular complexity index is 894. The van der Waals surface area contributed by atoms with E-state index in [0.29, 0.717) is 17.5 Å². The predicted molar refractivity (Wildman–Crippen MR) is 88.4 cm³/mol. The molecule has 0 spiro atoms. The molecule has 1 heterocycles. The van der Waals surface area contributed by atoms with E-state index in [9.17, 15) is 20.1 Å². The smallest absolute Gasteiger partial charge is 0.302 e. The molecule has 1 N–H and O–H groups in total. The number of likely N-dealkylation sites (N-methyl/N-ethyl adjacent to an activating group) is 1. The fraction of sp³-hybridized carbons (Fsp3) is 0.294. The summed E-state index contributed by atoms with van der Waals surface area (Å²) >= 11 is 0. The predicted octanol–water partition coefficient (Wildman–Crippen LogP) is 3.45. The van der Waals surface area contributed by atoms with Crippen molar-refractivity contribution < 1.29 is 10.0 Å². The van der Waals surface area contributed by atoms with E-state index in [0.717, 1.165) is 24.1 Å². The highest BCUT2D eigenvalue weighted by Gasteiger charge is 2.36. The van der Waals surface area contributed by atoms with Crippen LogP contribution in [0.3, 0.4) is 0 Å². The molecule has 7 heteroatoms. The highest BCUT2D eigenvalue weighted by Crippen LogP contribution is 2.52. The van der Waals surface area contributed by atoms with Crippen molar-refractivity contribution in [2.24, 2.45) is 5.18 Å². The molecule has 24 heavy (non-hydrogen) atoms. The molecule has 0 aromatic heterocycles. The van der Waals surface area contributed by atoms with Gasteiger partial charge in [-0.05, 0) is 47.3 Å². The second-order valence-electron chi connectivity index (χ2n) is 6.30. The number of hydrogen-bond acceptors (Lipinski definition) is 6. The maximum Gasteiger partial charge on any atom is 0.302 e. The first-order valence-corrected chi connectivity index (χ1v) is 7.72. The van der Waals surface area contributed by atoms with Crippen LogP contribution in [0.2, 0.25) is 0 Å². The van der Waals surface area contributed by atoms with Crippen LogP contribution in [0.1, 0.15) is 22.7 Å². The van der Waals surface area contributed by atoms with Gasteiger partial charge in [0.1, 0.15) is 0 Å². The molecule has 122 valence electrons. The van der Waals surface area contributed by atoms with Gasteiger partial charge in [0, 0.05) is 24.2 Å². The van der Waals surface area contributed by atoms with Crippen LogP contribution in [0.25, 0.3) is 11.1 Å². The van der Waals surface area contributed by atoms with E-state index in [2.05, 4.69) is 16.1 Å². The first-order chi connectivity index (χ1) is 11.5. The zero-order chi connectivity index (χ0) is 17.0. The van der Waals surface area contributed by atoms with E-state index >= 15 is 0 Å². The first-order valence-electron chi connectivity index (χ1n) is 7.72. The van der Waals surface area contributed by atoms with Crippen molar-refractivity contribution in [3.8, 4) is 16.9 Å². The number of nitro groups is 1. The number of aromatic hydroxyl groups is 1. The lowest BCUT2D eigenvalue weighted by atomic mass is 9.76. The van der Waals surface area contributed by atoms with Gasteiger partial charge in [-0.15, -0.1) is 4.91 Å². The molecule has 1 unspecified atom stereocenters. The van der Waals surface area contributed by atoms with Crippen molar-refractivity contribution in [3.05, 3.63) is 56.0 Å². The fourth-order valence-electron chi connectivity index (χ4n) is 3.97. The minimum Gasteiger partial charge on any atom is -0.505 e. The van der Waals surface area contributed by atoms with Crippen molar-refractivity contribution in [1.29, 1.82) is 0 Å². The molecule has 2 aliphatic rings. The molecule has 0 saturated heterocycles. The summed E-state index contributed by atoms with van der Waals surface area (Å²) in [6.07, 6.45) is 1.47. The summed E-state index contributed by atoms with van der Waals surface area (Å²) in [7, 11) is 2.03. The Kier molecular flexibility index (Phi) is 3.14. The summed E-state index contributed by atoms with van der Waals surface area (Å²) in [6, 6.07) is 7.38. The highest BCUT2D eigenvalue weighted by atomic mass is 16.6. The number of phenolic OH excluding ortho intramolecular Hbond substituents is 1. The summed E-state index contributed by atoms with van der Waals surface area (Å²) in [5, 5.41) is 24.5. The van der Waals surface area contributed by atoms with Crippen LogP contribution in [0.4, 0.5) is 11.4 Å². The number of nitroso groups, excluding NO2 is 1. The average Bonchev–Trinajstić information content (AvgIpc) is 2.57. The molecule has 4 rings (SSSR count).